The molecule has 0 bridgehead atoms. The Bertz CT molecular complexity index is 405. The molecule has 2 rings (SSSR count). The van der Waals surface area contributed by atoms with E-state index in [1.54, 1.807) is 31.0 Å². The number of aromatic nitrogens is 3. The molecule has 0 amide bonds. The van der Waals surface area contributed by atoms with Gasteiger partial charge >= 0.3 is 0 Å². The minimum atomic E-state index is -0.622. The van der Waals surface area contributed by atoms with Crippen molar-refractivity contribution in [2.75, 3.05) is 0 Å². The van der Waals surface area contributed by atoms with Crippen molar-refractivity contribution < 1.29 is 5.11 Å². The van der Waals surface area contributed by atoms with E-state index < -0.39 is 6.10 Å². The molecule has 2 heterocycles. The van der Waals surface area contributed by atoms with Gasteiger partial charge < -0.3 is 5.11 Å². The van der Waals surface area contributed by atoms with Crippen LogP contribution >= 0.6 is 0 Å². The first-order valence-electron chi connectivity index (χ1n) is 4.69. The minimum absolute atomic E-state index is 0.506. The fraction of sp³-hybridized carbons (Fsp3) is 0.182. The van der Waals surface area contributed by atoms with Gasteiger partial charge in [0.2, 0.25) is 0 Å². The van der Waals surface area contributed by atoms with Gasteiger partial charge in [-0.1, -0.05) is 6.07 Å². The van der Waals surface area contributed by atoms with Gasteiger partial charge in [-0.05, 0) is 11.6 Å². The Balaban J connectivity index is 2.08. The third-order valence-electron chi connectivity index (χ3n) is 2.08. The molecule has 4 heteroatoms. The number of pyridine rings is 1. The van der Waals surface area contributed by atoms with E-state index in [9.17, 15) is 5.11 Å². The van der Waals surface area contributed by atoms with E-state index in [1.807, 2.05) is 12.1 Å². The van der Waals surface area contributed by atoms with Gasteiger partial charge in [-0.25, -0.2) is 0 Å². The summed E-state index contributed by atoms with van der Waals surface area (Å²) in [5.41, 5.74) is 1.57. The number of hydrogen-bond acceptors (Lipinski definition) is 4. The molecule has 1 unspecified atom stereocenters. The Morgan fingerprint density at radius 3 is 2.67 bits per heavy atom. The van der Waals surface area contributed by atoms with Crippen molar-refractivity contribution in [1.29, 1.82) is 0 Å². The lowest BCUT2D eigenvalue weighted by molar-refractivity contribution is 0.173. The van der Waals surface area contributed by atoms with E-state index in [2.05, 4.69) is 15.0 Å². The third-order valence-corrected chi connectivity index (χ3v) is 2.08. The zero-order valence-electron chi connectivity index (χ0n) is 8.11. The van der Waals surface area contributed by atoms with Crippen molar-refractivity contribution in [3.63, 3.8) is 0 Å². The maximum atomic E-state index is 9.84. The molecule has 2 aromatic heterocycles. The number of aliphatic hydroxyl groups excluding tert-OH is 1. The third kappa shape index (κ3) is 2.57. The zero-order chi connectivity index (χ0) is 10.5. The van der Waals surface area contributed by atoms with Crippen LogP contribution in [0.1, 0.15) is 17.4 Å². The van der Waals surface area contributed by atoms with Gasteiger partial charge in [0, 0.05) is 31.2 Å². The molecule has 0 aromatic carbocycles. The molecule has 0 saturated heterocycles. The number of aliphatic hydroxyl groups is 1. The molecule has 0 fully saturated rings. The smallest absolute Gasteiger partial charge is 0.102 e. The van der Waals surface area contributed by atoms with Crippen LogP contribution in [0.15, 0.2) is 43.1 Å². The lowest BCUT2D eigenvalue weighted by Crippen LogP contribution is -2.04. The van der Waals surface area contributed by atoms with Crippen LogP contribution in [-0.4, -0.2) is 20.1 Å². The molecule has 4 nitrogen and oxygen atoms in total. The average Bonchev–Trinajstić information content (AvgIpc) is 2.31. The van der Waals surface area contributed by atoms with Crippen molar-refractivity contribution in [2.45, 2.75) is 12.5 Å². The highest BCUT2D eigenvalue weighted by atomic mass is 16.3. The van der Waals surface area contributed by atoms with Gasteiger partial charge in [0.1, 0.15) is 6.10 Å². The highest BCUT2D eigenvalue weighted by Gasteiger charge is 2.09. The maximum absolute atomic E-state index is 9.84. The van der Waals surface area contributed by atoms with Crippen LogP contribution in [0.2, 0.25) is 0 Å². The SMILES string of the molecule is OC(Cc1cccnc1)c1cnccn1. The fourth-order valence-corrected chi connectivity index (χ4v) is 1.33. The topological polar surface area (TPSA) is 58.9 Å². The summed E-state index contributed by atoms with van der Waals surface area (Å²) in [6.45, 7) is 0. The summed E-state index contributed by atoms with van der Waals surface area (Å²) in [6, 6.07) is 3.77. The molecular weight excluding hydrogens is 190 g/mol. The molecule has 76 valence electrons. The van der Waals surface area contributed by atoms with Crippen molar-refractivity contribution in [2.24, 2.45) is 0 Å². The van der Waals surface area contributed by atoms with Gasteiger partial charge in [0.25, 0.3) is 0 Å². The summed E-state index contributed by atoms with van der Waals surface area (Å²) in [7, 11) is 0. The Morgan fingerprint density at radius 2 is 2.00 bits per heavy atom. The Labute approximate surface area is 87.7 Å². The van der Waals surface area contributed by atoms with E-state index in [0.717, 1.165) is 5.56 Å². The molecule has 1 N–H and O–H groups in total. The lowest BCUT2D eigenvalue weighted by Gasteiger charge is -2.08. The van der Waals surface area contributed by atoms with Crippen molar-refractivity contribution in [1.82, 2.24) is 15.0 Å². The molecule has 0 aliphatic heterocycles. The molecule has 2 aromatic rings. The first-order valence-corrected chi connectivity index (χ1v) is 4.69. The van der Waals surface area contributed by atoms with Crippen molar-refractivity contribution in [3.05, 3.63) is 54.4 Å². The first kappa shape index (κ1) is 9.73. The summed E-state index contributed by atoms with van der Waals surface area (Å²) in [5.74, 6) is 0. The second-order valence-electron chi connectivity index (χ2n) is 3.21. The van der Waals surface area contributed by atoms with Gasteiger partial charge in [-0.15, -0.1) is 0 Å². The molecule has 0 aliphatic carbocycles. The monoisotopic (exact) mass is 201 g/mol. The summed E-state index contributed by atoms with van der Waals surface area (Å²) < 4.78 is 0. The molecule has 0 spiro atoms. The van der Waals surface area contributed by atoms with E-state index in [-0.39, 0.29) is 0 Å². The van der Waals surface area contributed by atoms with Gasteiger partial charge in [0.05, 0.1) is 11.9 Å². The van der Waals surface area contributed by atoms with Crippen LogP contribution in [-0.2, 0) is 6.42 Å². The number of nitrogens with zero attached hydrogens (tertiary/aromatic N) is 3. The number of hydrogen-bond donors (Lipinski definition) is 1. The van der Waals surface area contributed by atoms with E-state index in [4.69, 9.17) is 0 Å². The molecule has 0 radical (unpaired) electrons. The summed E-state index contributed by atoms with van der Waals surface area (Å²) in [5, 5.41) is 9.84. The second-order valence-corrected chi connectivity index (χ2v) is 3.21. The van der Waals surface area contributed by atoms with E-state index in [1.165, 1.54) is 0 Å². The molecule has 1 atom stereocenters. The summed E-state index contributed by atoms with van der Waals surface area (Å²) in [4.78, 5) is 11.9. The van der Waals surface area contributed by atoms with Crippen LogP contribution in [0.5, 0.6) is 0 Å². The van der Waals surface area contributed by atoms with Gasteiger partial charge in [-0.2, -0.15) is 0 Å². The summed E-state index contributed by atoms with van der Waals surface area (Å²) in [6.07, 6.45) is 8.05. The maximum Gasteiger partial charge on any atom is 0.102 e. The highest BCUT2D eigenvalue weighted by Crippen LogP contribution is 2.13. The van der Waals surface area contributed by atoms with Crippen LogP contribution < -0.4 is 0 Å². The Kier molecular flexibility index (Phi) is 2.99. The van der Waals surface area contributed by atoms with Gasteiger partial charge in [-0.3, -0.25) is 15.0 Å². The minimum Gasteiger partial charge on any atom is -0.386 e. The predicted molar refractivity (Wildman–Crippen MR) is 54.9 cm³/mol. The van der Waals surface area contributed by atoms with E-state index in [0.29, 0.717) is 12.1 Å². The highest BCUT2D eigenvalue weighted by molar-refractivity contribution is 5.12. The normalized spacial score (nSPS) is 12.3. The summed E-state index contributed by atoms with van der Waals surface area (Å²) >= 11 is 0. The molecule has 15 heavy (non-hydrogen) atoms. The van der Waals surface area contributed by atoms with Gasteiger partial charge in [0.15, 0.2) is 0 Å². The van der Waals surface area contributed by atoms with E-state index >= 15 is 0 Å². The molecule has 0 aliphatic rings. The number of rotatable bonds is 3. The van der Waals surface area contributed by atoms with Crippen LogP contribution in [0.4, 0.5) is 0 Å². The lowest BCUT2D eigenvalue weighted by atomic mass is 10.1. The van der Waals surface area contributed by atoms with Crippen molar-refractivity contribution in [3.8, 4) is 0 Å². The quantitative estimate of drug-likeness (QED) is 0.809. The first-order chi connectivity index (χ1) is 7.36. The molecular formula is C11H11N3O. The predicted octanol–water partition coefficient (Wildman–Crippen LogP) is 1.15. The molecule has 0 saturated carbocycles. The standard InChI is InChI=1S/C11H11N3O/c15-11(10-8-13-4-5-14-10)6-9-2-1-3-12-7-9/h1-5,7-8,11,15H,6H2. The van der Waals surface area contributed by atoms with Crippen molar-refractivity contribution >= 4 is 0 Å². The van der Waals surface area contributed by atoms with Crippen LogP contribution in [0.3, 0.4) is 0 Å². The Morgan fingerprint density at radius 1 is 1.13 bits per heavy atom. The van der Waals surface area contributed by atoms with Crippen LogP contribution in [0.25, 0.3) is 0 Å². The fourth-order valence-electron chi connectivity index (χ4n) is 1.33. The average molecular weight is 201 g/mol. The Hall–Kier alpha value is -1.81. The largest absolute Gasteiger partial charge is 0.386 e. The zero-order valence-corrected chi connectivity index (χ0v) is 8.11. The van der Waals surface area contributed by atoms with Crippen LogP contribution in [0, 0.1) is 0 Å². The second kappa shape index (κ2) is 4.61.